The lowest BCUT2D eigenvalue weighted by Gasteiger charge is -2.32. The third-order valence-corrected chi connectivity index (χ3v) is 5.75. The Morgan fingerprint density at radius 3 is 2.80 bits per heavy atom. The van der Waals surface area contributed by atoms with E-state index < -0.39 is 5.76 Å². The number of hydrogen-bond acceptors (Lipinski definition) is 4. The number of hydrogen-bond donors (Lipinski definition) is 1. The van der Waals surface area contributed by atoms with E-state index in [2.05, 4.69) is 16.0 Å². The molecule has 5 rings (SSSR count). The Morgan fingerprint density at radius 1 is 1.10 bits per heavy atom. The third-order valence-electron chi connectivity index (χ3n) is 5.75. The molecule has 0 aliphatic carbocycles. The van der Waals surface area contributed by atoms with E-state index in [0.29, 0.717) is 11.5 Å². The Hall–Kier alpha value is -3.25. The molecule has 6 heteroatoms. The molecule has 0 spiro atoms. The minimum Gasteiger partial charge on any atom is -0.408 e. The quantitative estimate of drug-likeness (QED) is 0.536. The molecule has 5 nitrogen and oxygen atoms in total. The van der Waals surface area contributed by atoms with Crippen molar-refractivity contribution in [3.63, 3.8) is 0 Å². The second-order valence-electron chi connectivity index (χ2n) is 7.83. The van der Waals surface area contributed by atoms with Crippen LogP contribution < -0.4 is 5.76 Å². The summed E-state index contributed by atoms with van der Waals surface area (Å²) in [5.74, 6) is -0.351. The van der Waals surface area contributed by atoms with E-state index in [9.17, 15) is 9.18 Å². The monoisotopic (exact) mass is 403 g/mol. The molecule has 1 saturated heterocycles. The fourth-order valence-corrected chi connectivity index (χ4v) is 4.35. The maximum Gasteiger partial charge on any atom is 0.417 e. The van der Waals surface area contributed by atoms with Gasteiger partial charge in [-0.05, 0) is 61.9 Å². The Bertz CT molecular complexity index is 1230. The van der Waals surface area contributed by atoms with Gasteiger partial charge in [-0.15, -0.1) is 0 Å². The number of oxazole rings is 1. The van der Waals surface area contributed by atoms with Crippen LogP contribution in [0.2, 0.25) is 0 Å². The molecule has 0 radical (unpaired) electrons. The molecule has 1 aliphatic rings. The highest BCUT2D eigenvalue weighted by atomic mass is 19.1. The second-order valence-corrected chi connectivity index (χ2v) is 7.83. The van der Waals surface area contributed by atoms with E-state index in [0.717, 1.165) is 60.5 Å². The SMILES string of the molecule is O=c1[nH]c2cccc(C3CCCN(Cc4cccc(-c5ccc(F)cc5)n4)C3)c2o1. The number of H-pyrrole nitrogens is 1. The van der Waals surface area contributed by atoms with Crippen molar-refractivity contribution in [2.75, 3.05) is 13.1 Å². The van der Waals surface area contributed by atoms with Crippen molar-refractivity contribution in [2.45, 2.75) is 25.3 Å². The van der Waals surface area contributed by atoms with Gasteiger partial charge < -0.3 is 4.42 Å². The van der Waals surface area contributed by atoms with Crippen molar-refractivity contribution < 1.29 is 8.81 Å². The zero-order valence-corrected chi connectivity index (χ0v) is 16.5. The molecule has 2 aromatic carbocycles. The largest absolute Gasteiger partial charge is 0.417 e. The first-order valence-electron chi connectivity index (χ1n) is 10.2. The van der Waals surface area contributed by atoms with E-state index in [1.165, 1.54) is 12.1 Å². The van der Waals surface area contributed by atoms with Crippen LogP contribution in [0.3, 0.4) is 0 Å². The van der Waals surface area contributed by atoms with Crippen molar-refractivity contribution in [1.29, 1.82) is 0 Å². The van der Waals surface area contributed by atoms with Crippen molar-refractivity contribution in [3.05, 3.63) is 88.3 Å². The summed E-state index contributed by atoms with van der Waals surface area (Å²) in [6.07, 6.45) is 2.14. The molecule has 1 aliphatic heterocycles. The Labute approximate surface area is 173 Å². The number of piperidine rings is 1. The van der Waals surface area contributed by atoms with Crippen LogP contribution in [-0.4, -0.2) is 28.0 Å². The molecular weight excluding hydrogens is 381 g/mol. The molecule has 4 aromatic rings. The van der Waals surface area contributed by atoms with E-state index in [1.807, 2.05) is 30.3 Å². The van der Waals surface area contributed by atoms with Gasteiger partial charge in [0, 0.05) is 30.1 Å². The summed E-state index contributed by atoms with van der Waals surface area (Å²) >= 11 is 0. The number of rotatable bonds is 4. The maximum absolute atomic E-state index is 13.2. The van der Waals surface area contributed by atoms with Gasteiger partial charge in [-0.1, -0.05) is 18.2 Å². The van der Waals surface area contributed by atoms with Gasteiger partial charge in [-0.2, -0.15) is 0 Å². The first-order chi connectivity index (χ1) is 14.7. The number of fused-ring (bicyclic) bond motifs is 1. The fraction of sp³-hybridized carbons (Fsp3) is 0.250. The highest BCUT2D eigenvalue weighted by Crippen LogP contribution is 2.32. The molecule has 3 heterocycles. The zero-order valence-electron chi connectivity index (χ0n) is 16.5. The van der Waals surface area contributed by atoms with Crippen molar-refractivity contribution in [2.24, 2.45) is 0 Å². The molecule has 0 saturated carbocycles. The Morgan fingerprint density at radius 2 is 1.93 bits per heavy atom. The average molecular weight is 403 g/mol. The van der Waals surface area contributed by atoms with Crippen LogP contribution in [0.15, 0.2) is 69.9 Å². The molecule has 1 unspecified atom stereocenters. The zero-order chi connectivity index (χ0) is 20.5. The van der Waals surface area contributed by atoms with E-state index in [-0.39, 0.29) is 5.82 Å². The van der Waals surface area contributed by atoms with Crippen molar-refractivity contribution >= 4 is 11.1 Å². The van der Waals surface area contributed by atoms with E-state index >= 15 is 0 Å². The van der Waals surface area contributed by atoms with E-state index in [4.69, 9.17) is 9.40 Å². The van der Waals surface area contributed by atoms with Crippen LogP contribution in [0.25, 0.3) is 22.4 Å². The number of halogens is 1. The van der Waals surface area contributed by atoms with E-state index in [1.54, 1.807) is 12.1 Å². The molecule has 30 heavy (non-hydrogen) atoms. The number of likely N-dealkylation sites (tertiary alicyclic amines) is 1. The van der Waals surface area contributed by atoms with Crippen LogP contribution in [-0.2, 0) is 6.54 Å². The lowest BCUT2D eigenvalue weighted by Crippen LogP contribution is -2.34. The molecule has 2 aromatic heterocycles. The van der Waals surface area contributed by atoms with Crippen LogP contribution in [0.4, 0.5) is 4.39 Å². The lowest BCUT2D eigenvalue weighted by atomic mass is 9.90. The minimum atomic E-state index is -0.410. The van der Waals surface area contributed by atoms with Crippen LogP contribution in [0.5, 0.6) is 0 Å². The Kier molecular flexibility index (Phi) is 4.93. The maximum atomic E-state index is 13.2. The molecule has 0 bridgehead atoms. The molecular formula is C24H22FN3O2. The number of benzene rings is 2. The first kappa shape index (κ1) is 18.8. The summed E-state index contributed by atoms with van der Waals surface area (Å²) in [7, 11) is 0. The van der Waals surface area contributed by atoms with Gasteiger partial charge in [0.2, 0.25) is 0 Å². The van der Waals surface area contributed by atoms with Gasteiger partial charge in [-0.25, -0.2) is 9.18 Å². The molecule has 152 valence electrons. The van der Waals surface area contributed by atoms with Crippen LogP contribution in [0, 0.1) is 5.82 Å². The fourth-order valence-electron chi connectivity index (χ4n) is 4.35. The van der Waals surface area contributed by atoms with Gasteiger partial charge in [-0.3, -0.25) is 14.9 Å². The molecule has 0 amide bonds. The molecule has 1 N–H and O–H groups in total. The van der Waals surface area contributed by atoms with Gasteiger partial charge in [0.1, 0.15) is 5.82 Å². The minimum absolute atomic E-state index is 0.248. The number of pyridine rings is 1. The smallest absolute Gasteiger partial charge is 0.408 e. The predicted octanol–water partition coefficient (Wildman–Crippen LogP) is 4.70. The van der Waals surface area contributed by atoms with Gasteiger partial charge in [0.15, 0.2) is 5.58 Å². The number of para-hydroxylation sites is 1. The summed E-state index contributed by atoms with van der Waals surface area (Å²) in [6.45, 7) is 2.64. The summed E-state index contributed by atoms with van der Waals surface area (Å²) < 4.78 is 18.6. The highest BCUT2D eigenvalue weighted by Gasteiger charge is 2.24. The van der Waals surface area contributed by atoms with Crippen LogP contribution in [0.1, 0.15) is 30.0 Å². The van der Waals surface area contributed by atoms with Crippen molar-refractivity contribution in [1.82, 2.24) is 14.9 Å². The standard InChI is InChI=1S/C24H22FN3O2/c25-18-11-9-16(10-12-18)21-7-1-5-19(26-21)15-28-13-3-4-17(14-28)20-6-2-8-22-23(20)30-24(29)27-22/h1-2,5-12,17H,3-4,13-15H2,(H,27,29). The van der Waals surface area contributed by atoms with Gasteiger partial charge in [0.05, 0.1) is 16.9 Å². The molecule has 1 fully saturated rings. The summed E-state index contributed by atoms with van der Waals surface area (Å²) in [4.78, 5) is 21.6. The van der Waals surface area contributed by atoms with Crippen molar-refractivity contribution in [3.8, 4) is 11.3 Å². The van der Waals surface area contributed by atoms with Gasteiger partial charge in [0.25, 0.3) is 0 Å². The number of aromatic nitrogens is 2. The number of aromatic amines is 1. The average Bonchev–Trinajstić information content (AvgIpc) is 3.15. The number of nitrogens with one attached hydrogen (secondary N) is 1. The Balaban J connectivity index is 1.35. The highest BCUT2D eigenvalue weighted by molar-refractivity contribution is 5.76. The topological polar surface area (TPSA) is 62.1 Å². The second kappa shape index (κ2) is 7.88. The summed E-state index contributed by atoms with van der Waals surface area (Å²) in [6, 6.07) is 18.3. The van der Waals surface area contributed by atoms with Gasteiger partial charge >= 0.3 is 5.76 Å². The summed E-state index contributed by atoms with van der Waals surface area (Å²) in [5.41, 5.74) is 5.25. The van der Waals surface area contributed by atoms with Crippen LogP contribution >= 0.6 is 0 Å². The first-order valence-corrected chi connectivity index (χ1v) is 10.2. The predicted molar refractivity (Wildman–Crippen MR) is 114 cm³/mol. The normalized spacial score (nSPS) is 17.4. The molecule has 1 atom stereocenters. The third kappa shape index (κ3) is 3.78. The summed E-state index contributed by atoms with van der Waals surface area (Å²) in [5, 5.41) is 0. The lowest BCUT2D eigenvalue weighted by molar-refractivity contribution is 0.198. The number of nitrogens with zero attached hydrogens (tertiary/aromatic N) is 2.